The number of hydrogen-bond acceptors (Lipinski definition) is 4. The highest BCUT2D eigenvalue weighted by Gasteiger charge is 2.49. The molecule has 1 aromatic carbocycles. The van der Waals surface area contributed by atoms with Crippen LogP contribution < -0.4 is 5.32 Å². The third kappa shape index (κ3) is 7.68. The van der Waals surface area contributed by atoms with Crippen LogP contribution in [0.4, 0.5) is 18.0 Å². The van der Waals surface area contributed by atoms with Crippen molar-refractivity contribution < 1.29 is 32.6 Å². The van der Waals surface area contributed by atoms with E-state index < -0.39 is 52.6 Å². The maximum atomic E-state index is 13.0. The molecule has 0 radical (unpaired) electrons. The molecule has 5 nitrogen and oxygen atoms in total. The normalized spacial score (nSPS) is 14.5. The fourth-order valence-electron chi connectivity index (χ4n) is 2.01. The van der Waals surface area contributed by atoms with Crippen molar-refractivity contribution in [2.45, 2.75) is 43.0 Å². The molecule has 0 aromatic heterocycles. The summed E-state index contributed by atoms with van der Waals surface area (Å²) < 4.78 is 41.5. The number of carbonyl (C=O) groups is 2. The maximum absolute atomic E-state index is 13.0. The fourth-order valence-corrected chi connectivity index (χ4v) is 2.92. The zero-order valence-electron chi connectivity index (χ0n) is 14.0. The first-order chi connectivity index (χ1) is 11.3. The molecule has 0 bridgehead atoms. The first-order valence-corrected chi connectivity index (χ1v) is 8.16. The van der Waals surface area contributed by atoms with Crippen molar-refractivity contribution in [2.75, 3.05) is 6.54 Å². The van der Waals surface area contributed by atoms with Crippen LogP contribution in [0.25, 0.3) is 0 Å². The van der Waals surface area contributed by atoms with Crippen molar-refractivity contribution in [2.24, 2.45) is 0 Å². The Labute approximate surface area is 147 Å². The van der Waals surface area contributed by atoms with E-state index in [9.17, 15) is 27.9 Å². The van der Waals surface area contributed by atoms with Gasteiger partial charge in [-0.3, -0.25) is 4.79 Å². The number of benzene rings is 1. The number of hydrogen-bond donors (Lipinski definition) is 2. The van der Waals surface area contributed by atoms with E-state index in [1.807, 2.05) is 0 Å². The number of carbonyl (C=O) groups excluding carboxylic acids is 1. The Morgan fingerprint density at radius 1 is 1.16 bits per heavy atom. The molecule has 0 aliphatic heterocycles. The molecule has 0 saturated carbocycles. The average Bonchev–Trinajstić information content (AvgIpc) is 2.42. The largest absolute Gasteiger partial charge is 0.480 e. The van der Waals surface area contributed by atoms with Gasteiger partial charge in [-0.1, -0.05) is 30.3 Å². The zero-order chi connectivity index (χ0) is 19.3. The monoisotopic (exact) mass is 379 g/mol. The van der Waals surface area contributed by atoms with E-state index in [0.29, 0.717) is 5.56 Å². The molecule has 0 unspecified atom stereocenters. The van der Waals surface area contributed by atoms with Crippen LogP contribution in [0.5, 0.6) is 0 Å². The molecule has 2 N–H and O–H groups in total. The Kier molecular flexibility index (Phi) is 6.75. The van der Waals surface area contributed by atoms with E-state index in [4.69, 9.17) is 4.74 Å². The third-order valence-electron chi connectivity index (χ3n) is 2.95. The van der Waals surface area contributed by atoms with Crippen molar-refractivity contribution in [1.82, 2.24) is 5.32 Å². The van der Waals surface area contributed by atoms with Crippen molar-refractivity contribution in [3.05, 3.63) is 35.9 Å². The van der Waals surface area contributed by atoms with Gasteiger partial charge in [0.1, 0.15) is 10.3 Å². The van der Waals surface area contributed by atoms with Gasteiger partial charge >= 0.3 is 17.6 Å². The number of aliphatic carboxylic acids is 1. The lowest BCUT2D eigenvalue weighted by Crippen LogP contribution is -2.50. The van der Waals surface area contributed by atoms with E-state index in [-0.39, 0.29) is 0 Å². The van der Waals surface area contributed by atoms with Crippen LogP contribution in [-0.4, -0.2) is 39.6 Å². The van der Waals surface area contributed by atoms with Gasteiger partial charge in [0.15, 0.2) is 0 Å². The van der Waals surface area contributed by atoms with E-state index in [1.54, 1.807) is 39.0 Å². The van der Waals surface area contributed by atoms with Gasteiger partial charge in [-0.05, 0) is 44.5 Å². The first kappa shape index (κ1) is 21.1. The summed E-state index contributed by atoms with van der Waals surface area (Å²) in [5, 5.41) is 11.6. The molecule has 0 aliphatic rings. The molecule has 0 aliphatic carbocycles. The summed E-state index contributed by atoms with van der Waals surface area (Å²) in [6.07, 6.45) is -1.39. The number of carboxylic acid groups (broad SMARTS) is 1. The molecule has 0 fully saturated rings. The predicted octanol–water partition coefficient (Wildman–Crippen LogP) is 3.83. The minimum absolute atomic E-state index is 0.410. The Morgan fingerprint density at radius 2 is 1.72 bits per heavy atom. The highest BCUT2D eigenvalue weighted by Crippen LogP contribution is 2.42. The molecule has 9 heteroatoms. The number of rotatable bonds is 6. The summed E-state index contributed by atoms with van der Waals surface area (Å²) in [4.78, 5) is 23.4. The van der Waals surface area contributed by atoms with Gasteiger partial charge in [0.05, 0.1) is 0 Å². The van der Waals surface area contributed by atoms with Gasteiger partial charge in [0, 0.05) is 6.54 Å². The molecule has 1 amide bonds. The van der Waals surface area contributed by atoms with Gasteiger partial charge in [-0.2, -0.15) is 13.2 Å². The van der Waals surface area contributed by atoms with Crippen LogP contribution in [0.2, 0.25) is 0 Å². The summed E-state index contributed by atoms with van der Waals surface area (Å²) in [5.74, 6) is -1.67. The Balaban J connectivity index is 3.04. The molecule has 0 heterocycles. The fraction of sp³-hybridized carbons (Fsp3) is 0.500. The molecule has 1 aromatic rings. The Hall–Kier alpha value is -1.90. The highest BCUT2D eigenvalue weighted by molar-refractivity contribution is 8.02. The number of thioether (sulfide) groups is 1. The number of carboxylic acids is 1. The standard InChI is InChI=1S/C16H20F3NO4S/c1-14(2,3)24-13(23)20-10-15(12(21)22,25-16(17,18)19)9-11-7-5-4-6-8-11/h4-8H,9-10H2,1-3H3,(H,20,23)(H,21,22)/t15-/m0/s1. The van der Waals surface area contributed by atoms with Gasteiger partial charge in [0.25, 0.3) is 0 Å². The molecule has 1 atom stereocenters. The molecule has 0 spiro atoms. The lowest BCUT2D eigenvalue weighted by molar-refractivity contribution is -0.140. The summed E-state index contributed by atoms with van der Waals surface area (Å²) in [6, 6.07) is 7.93. The molecule has 25 heavy (non-hydrogen) atoms. The molecule has 1 rings (SSSR count). The second-order valence-corrected chi connectivity index (χ2v) is 7.81. The Morgan fingerprint density at radius 3 is 2.16 bits per heavy atom. The van der Waals surface area contributed by atoms with Crippen LogP contribution in [0.15, 0.2) is 30.3 Å². The number of halogens is 3. The van der Waals surface area contributed by atoms with Crippen LogP contribution >= 0.6 is 11.8 Å². The zero-order valence-corrected chi connectivity index (χ0v) is 14.8. The van der Waals surface area contributed by atoms with Crippen LogP contribution in [0, 0.1) is 0 Å². The number of amides is 1. The summed E-state index contributed by atoms with van der Waals surface area (Å²) in [6.45, 7) is 4.03. The number of nitrogens with one attached hydrogen (secondary N) is 1. The topological polar surface area (TPSA) is 75.6 Å². The van der Waals surface area contributed by atoms with Crippen LogP contribution in [-0.2, 0) is 16.0 Å². The van der Waals surface area contributed by atoms with Crippen molar-refractivity contribution >= 4 is 23.8 Å². The maximum Gasteiger partial charge on any atom is 0.442 e. The minimum atomic E-state index is -4.79. The predicted molar refractivity (Wildman–Crippen MR) is 88.4 cm³/mol. The summed E-state index contributed by atoms with van der Waals surface area (Å²) >= 11 is -0.658. The van der Waals surface area contributed by atoms with E-state index in [0.717, 1.165) is 0 Å². The number of alkyl carbamates (subject to hydrolysis) is 1. The van der Waals surface area contributed by atoms with Crippen molar-refractivity contribution in [3.63, 3.8) is 0 Å². The molecular weight excluding hydrogens is 359 g/mol. The molecule has 0 saturated heterocycles. The van der Waals surface area contributed by atoms with Gasteiger partial charge in [0.2, 0.25) is 0 Å². The SMILES string of the molecule is CC(C)(C)OC(=O)NC[C@](Cc1ccccc1)(SC(F)(F)F)C(=O)O. The van der Waals surface area contributed by atoms with Crippen molar-refractivity contribution in [3.8, 4) is 0 Å². The quantitative estimate of drug-likeness (QED) is 0.786. The summed E-state index contributed by atoms with van der Waals surface area (Å²) in [5.41, 5.74) is -5.23. The van der Waals surface area contributed by atoms with E-state index in [2.05, 4.69) is 5.32 Å². The lowest BCUT2D eigenvalue weighted by atomic mass is 9.98. The highest BCUT2D eigenvalue weighted by atomic mass is 32.2. The Bertz CT molecular complexity index is 602. The second-order valence-electron chi connectivity index (χ2n) is 6.37. The van der Waals surface area contributed by atoms with Gasteiger partial charge < -0.3 is 15.2 Å². The smallest absolute Gasteiger partial charge is 0.442 e. The average molecular weight is 379 g/mol. The van der Waals surface area contributed by atoms with E-state index >= 15 is 0 Å². The van der Waals surface area contributed by atoms with Crippen LogP contribution in [0.3, 0.4) is 0 Å². The summed E-state index contributed by atoms with van der Waals surface area (Å²) in [7, 11) is 0. The minimum Gasteiger partial charge on any atom is -0.480 e. The third-order valence-corrected chi connectivity index (χ3v) is 4.04. The first-order valence-electron chi connectivity index (χ1n) is 7.34. The van der Waals surface area contributed by atoms with Crippen molar-refractivity contribution in [1.29, 1.82) is 0 Å². The second kappa shape index (κ2) is 7.99. The molecule has 140 valence electrons. The number of ether oxygens (including phenoxy) is 1. The van der Waals surface area contributed by atoms with Crippen LogP contribution in [0.1, 0.15) is 26.3 Å². The number of alkyl halides is 3. The molecular formula is C16H20F3NO4S. The van der Waals surface area contributed by atoms with Gasteiger partial charge in [-0.25, -0.2) is 4.79 Å². The van der Waals surface area contributed by atoms with Gasteiger partial charge in [-0.15, -0.1) is 0 Å². The van der Waals surface area contributed by atoms with E-state index in [1.165, 1.54) is 12.1 Å². The lowest BCUT2D eigenvalue weighted by Gasteiger charge is -2.30.